The van der Waals surface area contributed by atoms with Crippen molar-refractivity contribution in [2.24, 2.45) is 0 Å². The first-order valence-electron chi connectivity index (χ1n) is 8.90. The third kappa shape index (κ3) is 5.10. The van der Waals surface area contributed by atoms with Gasteiger partial charge in [0.2, 0.25) is 0 Å². The average molecular weight is 455 g/mol. The number of nitrogens with one attached hydrogen (secondary N) is 2. The van der Waals surface area contributed by atoms with E-state index >= 15 is 0 Å². The molecule has 29 heavy (non-hydrogen) atoms. The zero-order valence-electron chi connectivity index (χ0n) is 15.8. The van der Waals surface area contributed by atoms with Crippen LogP contribution in [0.1, 0.15) is 31.8 Å². The SMILES string of the molecule is Cc1ccc(C(=O)NC2CS(=O)(=O)CC2NC(=O)c2ccc(C)c(Cl)c2)cc1Cl. The summed E-state index contributed by atoms with van der Waals surface area (Å²) in [7, 11) is -3.41. The fourth-order valence-corrected chi connectivity index (χ4v) is 5.33. The first-order chi connectivity index (χ1) is 13.6. The first-order valence-corrected chi connectivity index (χ1v) is 11.5. The molecule has 3 rings (SSSR count). The second-order valence-corrected chi connectivity index (χ2v) is 10.1. The van der Waals surface area contributed by atoms with Crippen LogP contribution >= 0.6 is 23.2 Å². The van der Waals surface area contributed by atoms with Gasteiger partial charge >= 0.3 is 0 Å². The van der Waals surface area contributed by atoms with Gasteiger partial charge in [0.05, 0.1) is 23.6 Å². The summed E-state index contributed by atoms with van der Waals surface area (Å²) in [6.07, 6.45) is 0. The summed E-state index contributed by atoms with van der Waals surface area (Å²) >= 11 is 12.1. The van der Waals surface area contributed by atoms with Crippen LogP contribution in [0.5, 0.6) is 0 Å². The van der Waals surface area contributed by atoms with E-state index < -0.39 is 33.7 Å². The van der Waals surface area contributed by atoms with Crippen molar-refractivity contribution in [3.63, 3.8) is 0 Å². The molecule has 1 fully saturated rings. The van der Waals surface area contributed by atoms with Crippen molar-refractivity contribution in [2.45, 2.75) is 25.9 Å². The zero-order valence-corrected chi connectivity index (χ0v) is 18.2. The summed E-state index contributed by atoms with van der Waals surface area (Å²) in [4.78, 5) is 25.1. The molecular formula is C20H20Cl2N2O4S. The molecular weight excluding hydrogens is 435 g/mol. The number of carbonyl (C=O) groups excluding carboxylic acids is 2. The molecule has 2 N–H and O–H groups in total. The highest BCUT2D eigenvalue weighted by atomic mass is 35.5. The minimum absolute atomic E-state index is 0.252. The Kier molecular flexibility index (Phi) is 6.22. The summed E-state index contributed by atoms with van der Waals surface area (Å²) in [5.74, 6) is -1.41. The molecule has 1 saturated heterocycles. The van der Waals surface area contributed by atoms with E-state index in [2.05, 4.69) is 10.6 Å². The standard InChI is InChI=1S/C20H20Cl2N2O4S/c1-11-3-5-13(7-15(11)21)19(25)23-17-9-29(27,28)10-18(17)24-20(26)14-6-4-12(2)16(22)8-14/h3-8,17-18H,9-10H2,1-2H3,(H,23,25)(H,24,26). The Balaban J connectivity index is 1.76. The van der Waals surface area contributed by atoms with Gasteiger partial charge in [-0.1, -0.05) is 35.3 Å². The molecule has 9 heteroatoms. The van der Waals surface area contributed by atoms with Crippen molar-refractivity contribution < 1.29 is 18.0 Å². The van der Waals surface area contributed by atoms with Crippen molar-refractivity contribution in [1.82, 2.24) is 10.6 Å². The van der Waals surface area contributed by atoms with Crippen LogP contribution in [0.15, 0.2) is 36.4 Å². The van der Waals surface area contributed by atoms with Crippen LogP contribution in [0, 0.1) is 13.8 Å². The van der Waals surface area contributed by atoms with E-state index in [1.165, 1.54) is 12.1 Å². The van der Waals surface area contributed by atoms with Crippen LogP contribution < -0.4 is 10.6 Å². The Morgan fingerprint density at radius 1 is 0.828 bits per heavy atom. The summed E-state index contributed by atoms with van der Waals surface area (Å²) < 4.78 is 24.3. The fourth-order valence-electron chi connectivity index (χ4n) is 3.10. The molecule has 2 amide bonds. The molecule has 0 saturated carbocycles. The van der Waals surface area contributed by atoms with Crippen LogP contribution in [0.3, 0.4) is 0 Å². The van der Waals surface area contributed by atoms with Gasteiger partial charge in [-0.3, -0.25) is 9.59 Å². The van der Waals surface area contributed by atoms with Crippen LogP contribution in [-0.4, -0.2) is 43.8 Å². The topological polar surface area (TPSA) is 92.3 Å². The highest BCUT2D eigenvalue weighted by molar-refractivity contribution is 7.91. The normalized spacial score (nSPS) is 20.3. The Morgan fingerprint density at radius 2 is 1.21 bits per heavy atom. The second kappa shape index (κ2) is 8.34. The van der Waals surface area contributed by atoms with E-state index in [0.29, 0.717) is 21.2 Å². The van der Waals surface area contributed by atoms with Crippen molar-refractivity contribution >= 4 is 44.9 Å². The summed E-state index contributed by atoms with van der Waals surface area (Å²) in [5.41, 5.74) is 2.29. The van der Waals surface area contributed by atoms with E-state index in [9.17, 15) is 18.0 Å². The quantitative estimate of drug-likeness (QED) is 0.742. The van der Waals surface area contributed by atoms with Crippen LogP contribution in [-0.2, 0) is 9.84 Å². The van der Waals surface area contributed by atoms with E-state index in [4.69, 9.17) is 23.2 Å². The van der Waals surface area contributed by atoms with Gasteiger partial charge < -0.3 is 10.6 Å². The molecule has 2 aromatic carbocycles. The number of carbonyl (C=O) groups is 2. The average Bonchev–Trinajstić information content (AvgIpc) is 2.92. The number of rotatable bonds is 4. The molecule has 2 unspecified atom stereocenters. The Labute approximate surface area is 179 Å². The molecule has 6 nitrogen and oxygen atoms in total. The molecule has 154 valence electrons. The third-order valence-electron chi connectivity index (χ3n) is 4.85. The maximum atomic E-state index is 12.6. The highest BCUT2D eigenvalue weighted by Crippen LogP contribution is 2.20. The van der Waals surface area contributed by atoms with Crippen molar-refractivity contribution in [3.05, 3.63) is 68.7 Å². The van der Waals surface area contributed by atoms with Gasteiger partial charge in [-0.2, -0.15) is 0 Å². The van der Waals surface area contributed by atoms with Gasteiger partial charge in [-0.25, -0.2) is 8.42 Å². The lowest BCUT2D eigenvalue weighted by Gasteiger charge is -2.21. The highest BCUT2D eigenvalue weighted by Gasteiger charge is 2.39. The van der Waals surface area contributed by atoms with Gasteiger partial charge in [0, 0.05) is 21.2 Å². The largest absolute Gasteiger partial charge is 0.346 e. The molecule has 1 heterocycles. The van der Waals surface area contributed by atoms with Crippen molar-refractivity contribution in [1.29, 1.82) is 0 Å². The number of hydrogen-bond donors (Lipinski definition) is 2. The van der Waals surface area contributed by atoms with Gasteiger partial charge in [0.1, 0.15) is 0 Å². The maximum Gasteiger partial charge on any atom is 0.251 e. The molecule has 2 atom stereocenters. The smallest absolute Gasteiger partial charge is 0.251 e. The zero-order chi connectivity index (χ0) is 21.3. The van der Waals surface area contributed by atoms with Gasteiger partial charge in [-0.05, 0) is 49.2 Å². The van der Waals surface area contributed by atoms with Crippen molar-refractivity contribution in [2.75, 3.05) is 11.5 Å². The molecule has 1 aliphatic rings. The van der Waals surface area contributed by atoms with Crippen LogP contribution in [0.2, 0.25) is 10.0 Å². The lowest BCUT2D eigenvalue weighted by atomic mass is 10.1. The lowest BCUT2D eigenvalue weighted by molar-refractivity contribution is 0.0896. The number of hydrogen-bond acceptors (Lipinski definition) is 4. The number of halogens is 2. The molecule has 1 aliphatic heterocycles. The van der Waals surface area contributed by atoms with Crippen molar-refractivity contribution in [3.8, 4) is 0 Å². The van der Waals surface area contributed by atoms with E-state index in [0.717, 1.165) is 11.1 Å². The predicted molar refractivity (Wildman–Crippen MR) is 114 cm³/mol. The molecule has 0 spiro atoms. The van der Waals surface area contributed by atoms with E-state index in [-0.39, 0.29) is 11.5 Å². The fraction of sp³-hybridized carbons (Fsp3) is 0.300. The molecule has 0 aromatic heterocycles. The van der Waals surface area contributed by atoms with Gasteiger partial charge in [-0.15, -0.1) is 0 Å². The lowest BCUT2D eigenvalue weighted by Crippen LogP contribution is -2.51. The number of benzene rings is 2. The molecule has 0 radical (unpaired) electrons. The minimum Gasteiger partial charge on any atom is -0.346 e. The predicted octanol–water partition coefficient (Wildman–Crippen LogP) is 2.94. The Hall–Kier alpha value is -2.09. The monoisotopic (exact) mass is 454 g/mol. The minimum atomic E-state index is -3.41. The molecule has 0 aliphatic carbocycles. The number of amides is 2. The Morgan fingerprint density at radius 3 is 1.55 bits per heavy atom. The van der Waals surface area contributed by atoms with E-state index in [1.807, 2.05) is 13.8 Å². The maximum absolute atomic E-state index is 12.6. The van der Waals surface area contributed by atoms with Gasteiger partial charge in [0.25, 0.3) is 11.8 Å². The molecule has 0 bridgehead atoms. The second-order valence-electron chi connectivity index (χ2n) is 7.16. The Bertz CT molecular complexity index is 1010. The number of aryl methyl sites for hydroxylation is 2. The molecule has 2 aromatic rings. The first kappa shape index (κ1) is 21.6. The van der Waals surface area contributed by atoms with Crippen LogP contribution in [0.25, 0.3) is 0 Å². The summed E-state index contributed by atoms with van der Waals surface area (Å²) in [6, 6.07) is 8.19. The van der Waals surface area contributed by atoms with Crippen LogP contribution in [0.4, 0.5) is 0 Å². The summed E-state index contributed by atoms with van der Waals surface area (Å²) in [5, 5.41) is 6.30. The van der Waals surface area contributed by atoms with Gasteiger partial charge in [0.15, 0.2) is 9.84 Å². The van der Waals surface area contributed by atoms with E-state index in [1.54, 1.807) is 24.3 Å². The third-order valence-corrected chi connectivity index (χ3v) is 7.40. The summed E-state index contributed by atoms with van der Waals surface area (Å²) in [6.45, 7) is 3.63. The number of sulfone groups is 1.